The number of halogens is 1. The monoisotopic (exact) mass is 257 g/mol. The van der Waals surface area contributed by atoms with E-state index in [1.54, 1.807) is 12.5 Å². The van der Waals surface area contributed by atoms with E-state index in [2.05, 4.69) is 4.98 Å². The van der Waals surface area contributed by atoms with E-state index in [1.165, 1.54) is 0 Å². The number of imidazole rings is 1. The first-order valence-electron chi connectivity index (χ1n) is 5.67. The van der Waals surface area contributed by atoms with Gasteiger partial charge in [0.2, 0.25) is 5.91 Å². The molecule has 0 radical (unpaired) electrons. The molecule has 0 aromatic carbocycles. The second kappa shape index (κ2) is 5.51. The molecule has 0 N–H and O–H groups in total. The third-order valence-corrected chi connectivity index (χ3v) is 3.25. The van der Waals surface area contributed by atoms with E-state index >= 15 is 0 Å². The Hall–Kier alpha value is -1.07. The number of ether oxygens (including phenoxy) is 1. The molecule has 1 aromatic heterocycles. The maximum Gasteiger partial charge on any atom is 0.245 e. The summed E-state index contributed by atoms with van der Waals surface area (Å²) in [4.78, 5) is 18.1. The van der Waals surface area contributed by atoms with Gasteiger partial charge in [0, 0.05) is 19.3 Å². The number of morpholine rings is 1. The van der Waals surface area contributed by atoms with Crippen molar-refractivity contribution in [1.29, 1.82) is 0 Å². The number of hydrogen-bond acceptors (Lipinski definition) is 3. The van der Waals surface area contributed by atoms with Crippen molar-refractivity contribution in [2.45, 2.75) is 18.8 Å². The predicted octanol–water partition coefficient (Wildman–Crippen LogP) is 1.04. The third-order valence-electron chi connectivity index (χ3n) is 2.98. The van der Waals surface area contributed by atoms with Gasteiger partial charge in [-0.1, -0.05) is 0 Å². The fourth-order valence-electron chi connectivity index (χ4n) is 1.95. The number of hydrogen-bond donors (Lipinski definition) is 0. The molecule has 0 bridgehead atoms. The molecule has 94 valence electrons. The lowest BCUT2D eigenvalue weighted by Crippen LogP contribution is -2.43. The molecule has 0 aliphatic carbocycles. The van der Waals surface area contributed by atoms with Crippen LogP contribution in [0.1, 0.15) is 18.7 Å². The van der Waals surface area contributed by atoms with Crippen molar-refractivity contribution in [2.24, 2.45) is 0 Å². The number of aromatic nitrogens is 2. The van der Waals surface area contributed by atoms with E-state index < -0.39 is 0 Å². The Kier molecular flexibility index (Phi) is 4.02. The molecule has 1 unspecified atom stereocenters. The lowest BCUT2D eigenvalue weighted by molar-refractivity contribution is -0.138. The Labute approximate surface area is 105 Å². The zero-order valence-electron chi connectivity index (χ0n) is 9.80. The Balaban J connectivity index is 2.08. The molecule has 1 atom stereocenters. The molecule has 5 nitrogen and oxygen atoms in total. The van der Waals surface area contributed by atoms with Crippen LogP contribution in [0.2, 0.25) is 0 Å². The summed E-state index contributed by atoms with van der Waals surface area (Å²) in [5, 5.41) is 0. The standard InChI is InChI=1S/C11H16ClN3O2/c1-9(15-8-13-7-10(15)6-12)11(16)14-2-4-17-5-3-14/h7-9H,2-6H2,1H3. The van der Waals surface area contributed by atoms with Crippen molar-refractivity contribution in [2.75, 3.05) is 26.3 Å². The maximum absolute atomic E-state index is 12.2. The largest absolute Gasteiger partial charge is 0.378 e. The smallest absolute Gasteiger partial charge is 0.245 e. The van der Waals surface area contributed by atoms with Gasteiger partial charge < -0.3 is 14.2 Å². The van der Waals surface area contributed by atoms with E-state index in [0.29, 0.717) is 32.2 Å². The van der Waals surface area contributed by atoms with Crippen molar-refractivity contribution in [3.8, 4) is 0 Å². The summed E-state index contributed by atoms with van der Waals surface area (Å²) < 4.78 is 7.06. The molecular formula is C11H16ClN3O2. The van der Waals surface area contributed by atoms with Crippen LogP contribution >= 0.6 is 11.6 Å². The molecule has 17 heavy (non-hydrogen) atoms. The van der Waals surface area contributed by atoms with Crippen molar-refractivity contribution in [1.82, 2.24) is 14.5 Å². The molecule has 1 aliphatic rings. The third kappa shape index (κ3) is 2.61. The molecule has 1 amide bonds. The minimum Gasteiger partial charge on any atom is -0.378 e. The molecule has 2 rings (SSSR count). The molecule has 1 saturated heterocycles. The number of amides is 1. The van der Waals surface area contributed by atoms with Gasteiger partial charge in [-0.2, -0.15) is 0 Å². The second-order valence-electron chi connectivity index (χ2n) is 4.04. The Morgan fingerprint density at radius 2 is 2.29 bits per heavy atom. The van der Waals surface area contributed by atoms with E-state index in [4.69, 9.17) is 16.3 Å². The summed E-state index contributed by atoms with van der Waals surface area (Å²) in [7, 11) is 0. The van der Waals surface area contributed by atoms with Gasteiger partial charge >= 0.3 is 0 Å². The highest BCUT2D eigenvalue weighted by molar-refractivity contribution is 6.16. The lowest BCUT2D eigenvalue weighted by Gasteiger charge is -2.30. The zero-order chi connectivity index (χ0) is 12.3. The summed E-state index contributed by atoms with van der Waals surface area (Å²) in [5.41, 5.74) is 0.862. The summed E-state index contributed by atoms with van der Waals surface area (Å²) in [6, 6.07) is -0.260. The molecule has 6 heteroatoms. The molecular weight excluding hydrogens is 242 g/mol. The van der Waals surface area contributed by atoms with Gasteiger partial charge in [0.05, 0.1) is 31.1 Å². The molecule has 1 aromatic rings. The molecule has 1 aliphatic heterocycles. The van der Waals surface area contributed by atoms with Crippen molar-refractivity contribution in [3.05, 3.63) is 18.2 Å². The van der Waals surface area contributed by atoms with Gasteiger partial charge in [-0.3, -0.25) is 4.79 Å². The van der Waals surface area contributed by atoms with Gasteiger partial charge in [0.1, 0.15) is 6.04 Å². The van der Waals surface area contributed by atoms with Crippen LogP contribution in [0.3, 0.4) is 0 Å². The maximum atomic E-state index is 12.2. The molecule has 2 heterocycles. The van der Waals surface area contributed by atoms with Gasteiger partial charge in [-0.05, 0) is 6.92 Å². The number of carbonyl (C=O) groups is 1. The van der Waals surface area contributed by atoms with Crippen LogP contribution < -0.4 is 0 Å². The first kappa shape index (κ1) is 12.4. The highest BCUT2D eigenvalue weighted by Gasteiger charge is 2.24. The van der Waals surface area contributed by atoms with Crippen molar-refractivity contribution < 1.29 is 9.53 Å². The van der Waals surface area contributed by atoms with Crippen LogP contribution in [0, 0.1) is 0 Å². The molecule has 0 saturated carbocycles. The lowest BCUT2D eigenvalue weighted by atomic mass is 10.2. The van der Waals surface area contributed by atoms with Crippen LogP contribution in [0.15, 0.2) is 12.5 Å². The normalized spacial score (nSPS) is 18.1. The van der Waals surface area contributed by atoms with Gasteiger partial charge in [-0.15, -0.1) is 11.6 Å². The Morgan fingerprint density at radius 1 is 1.59 bits per heavy atom. The summed E-state index contributed by atoms with van der Waals surface area (Å²) in [5.74, 6) is 0.457. The second-order valence-corrected chi connectivity index (χ2v) is 4.31. The first-order valence-corrected chi connectivity index (χ1v) is 6.20. The van der Waals surface area contributed by atoms with E-state index in [9.17, 15) is 4.79 Å². The molecule has 1 fully saturated rings. The summed E-state index contributed by atoms with van der Waals surface area (Å²) >= 11 is 5.80. The minimum absolute atomic E-state index is 0.0951. The zero-order valence-corrected chi connectivity index (χ0v) is 10.6. The molecule has 0 spiro atoms. The summed E-state index contributed by atoms with van der Waals surface area (Å²) in [6.45, 7) is 4.42. The SMILES string of the molecule is CC(C(=O)N1CCOCC1)n1cncc1CCl. The highest BCUT2D eigenvalue weighted by Crippen LogP contribution is 2.15. The highest BCUT2D eigenvalue weighted by atomic mass is 35.5. The van der Waals surface area contributed by atoms with E-state index in [-0.39, 0.29) is 11.9 Å². The van der Waals surface area contributed by atoms with Gasteiger partial charge in [0.25, 0.3) is 0 Å². The first-order chi connectivity index (χ1) is 8.24. The number of nitrogens with zero attached hydrogens (tertiary/aromatic N) is 3. The van der Waals surface area contributed by atoms with Crippen molar-refractivity contribution >= 4 is 17.5 Å². The van der Waals surface area contributed by atoms with Crippen LogP contribution in [0.4, 0.5) is 0 Å². The fraction of sp³-hybridized carbons (Fsp3) is 0.636. The number of alkyl halides is 1. The number of carbonyl (C=O) groups excluding carboxylic acids is 1. The average molecular weight is 258 g/mol. The van der Waals surface area contributed by atoms with Crippen LogP contribution in [0.25, 0.3) is 0 Å². The Morgan fingerprint density at radius 3 is 2.94 bits per heavy atom. The quantitative estimate of drug-likeness (QED) is 0.761. The van der Waals surface area contributed by atoms with Crippen molar-refractivity contribution in [3.63, 3.8) is 0 Å². The fourth-order valence-corrected chi connectivity index (χ4v) is 2.16. The van der Waals surface area contributed by atoms with Crippen LogP contribution in [-0.2, 0) is 15.4 Å². The number of rotatable bonds is 3. The topological polar surface area (TPSA) is 47.4 Å². The minimum atomic E-state index is -0.260. The van der Waals surface area contributed by atoms with E-state index in [1.807, 2.05) is 16.4 Å². The van der Waals surface area contributed by atoms with Gasteiger partial charge in [-0.25, -0.2) is 4.98 Å². The Bertz CT molecular complexity index is 388. The van der Waals surface area contributed by atoms with Gasteiger partial charge in [0.15, 0.2) is 0 Å². The van der Waals surface area contributed by atoms with Crippen LogP contribution in [0.5, 0.6) is 0 Å². The average Bonchev–Trinajstić information content (AvgIpc) is 2.86. The summed E-state index contributed by atoms with van der Waals surface area (Å²) in [6.07, 6.45) is 3.34. The van der Waals surface area contributed by atoms with Crippen LogP contribution in [-0.4, -0.2) is 46.7 Å². The predicted molar refractivity (Wildman–Crippen MR) is 63.9 cm³/mol. The van der Waals surface area contributed by atoms with E-state index in [0.717, 1.165) is 5.69 Å².